The van der Waals surface area contributed by atoms with E-state index in [0.717, 1.165) is 41.9 Å². The summed E-state index contributed by atoms with van der Waals surface area (Å²) in [5, 5.41) is 3.53. The summed E-state index contributed by atoms with van der Waals surface area (Å²) in [6.07, 6.45) is 7.26. The van der Waals surface area contributed by atoms with Crippen molar-refractivity contribution in [1.82, 2.24) is 9.88 Å². The molecule has 3 aromatic rings. The first-order chi connectivity index (χ1) is 17.5. The van der Waals surface area contributed by atoms with Crippen molar-refractivity contribution in [1.29, 1.82) is 0 Å². The number of anilines is 1. The zero-order valence-corrected chi connectivity index (χ0v) is 22.4. The quantitative estimate of drug-likeness (QED) is 0.180. The molecule has 0 saturated carbocycles. The molecule has 0 unspecified atom stereocenters. The number of methoxy groups -OCH3 is 1. The van der Waals surface area contributed by atoms with E-state index in [9.17, 15) is 9.59 Å². The molecule has 186 valence electrons. The van der Waals surface area contributed by atoms with Crippen LogP contribution in [0.1, 0.15) is 41.7 Å². The molecule has 1 aliphatic heterocycles. The molecule has 0 atom stereocenters. The minimum Gasteiger partial charge on any atom is -0.497 e. The SMILES string of the molecule is COc1ccc(/C=C2\SC(=S)N(CCCCCC(=O)Nc3ncc(Cc4ccccc4)s3)C2=O)cc1. The Hall–Kier alpha value is -3.01. The highest BCUT2D eigenvalue weighted by molar-refractivity contribution is 8.26. The van der Waals surface area contributed by atoms with E-state index < -0.39 is 0 Å². The van der Waals surface area contributed by atoms with E-state index in [4.69, 9.17) is 17.0 Å². The summed E-state index contributed by atoms with van der Waals surface area (Å²) in [6, 6.07) is 17.7. The Balaban J connectivity index is 1.16. The highest BCUT2D eigenvalue weighted by atomic mass is 32.2. The summed E-state index contributed by atoms with van der Waals surface area (Å²) in [4.78, 5) is 32.8. The first kappa shape index (κ1) is 26.1. The van der Waals surface area contributed by atoms with Crippen LogP contribution in [0.5, 0.6) is 5.75 Å². The number of thiazole rings is 1. The Labute approximate surface area is 224 Å². The first-order valence-corrected chi connectivity index (χ1v) is 13.7. The van der Waals surface area contributed by atoms with Gasteiger partial charge in [-0.1, -0.05) is 72.9 Å². The highest BCUT2D eigenvalue weighted by Crippen LogP contribution is 2.33. The fourth-order valence-corrected chi connectivity index (χ4v) is 5.87. The minimum absolute atomic E-state index is 0.0383. The topological polar surface area (TPSA) is 71.5 Å². The second-order valence-corrected chi connectivity index (χ2v) is 11.1. The maximum absolute atomic E-state index is 12.8. The first-order valence-electron chi connectivity index (χ1n) is 11.7. The summed E-state index contributed by atoms with van der Waals surface area (Å²) in [5.74, 6) is 0.671. The van der Waals surface area contributed by atoms with Crippen LogP contribution in [0.3, 0.4) is 0 Å². The standard InChI is InChI=1S/C27H27N3O3S3/c1-33-21-13-11-20(12-14-21)17-23-25(32)30(27(34)36-23)15-7-3-6-10-24(31)29-26-28-18-22(35-26)16-19-8-4-2-5-9-19/h2,4-5,8-9,11-14,17-18H,3,6-7,10,15-16H2,1H3,(H,28,29,31)/b23-17-. The van der Waals surface area contributed by atoms with Crippen LogP contribution in [-0.4, -0.2) is 39.7 Å². The van der Waals surface area contributed by atoms with Gasteiger partial charge in [-0.05, 0) is 42.2 Å². The van der Waals surface area contributed by atoms with Crippen molar-refractivity contribution in [3.05, 3.63) is 81.7 Å². The second-order valence-electron chi connectivity index (χ2n) is 8.26. The molecule has 1 aliphatic rings. The molecule has 1 N–H and O–H groups in total. The number of unbranched alkanes of at least 4 members (excludes halogenated alkanes) is 2. The maximum Gasteiger partial charge on any atom is 0.266 e. The van der Waals surface area contributed by atoms with Crippen LogP contribution in [0.15, 0.2) is 65.7 Å². The largest absolute Gasteiger partial charge is 0.497 e. The van der Waals surface area contributed by atoms with Crippen molar-refractivity contribution in [3.8, 4) is 5.75 Å². The molecule has 0 bridgehead atoms. The Kier molecular flexibility index (Phi) is 9.27. The van der Waals surface area contributed by atoms with Crippen LogP contribution in [0, 0.1) is 0 Å². The van der Waals surface area contributed by atoms with E-state index in [-0.39, 0.29) is 11.8 Å². The molecular formula is C27H27N3O3S3. The number of carbonyl (C=O) groups is 2. The van der Waals surface area contributed by atoms with Crippen molar-refractivity contribution in [2.45, 2.75) is 32.1 Å². The van der Waals surface area contributed by atoms with Crippen LogP contribution in [0.4, 0.5) is 5.13 Å². The van der Waals surface area contributed by atoms with E-state index in [1.54, 1.807) is 12.0 Å². The molecule has 1 aromatic heterocycles. The number of benzene rings is 2. The molecule has 0 radical (unpaired) electrons. The number of thiocarbonyl (C=S) groups is 1. The number of amides is 2. The molecule has 2 amide bonds. The maximum atomic E-state index is 12.8. The van der Waals surface area contributed by atoms with Gasteiger partial charge in [0.05, 0.1) is 12.0 Å². The third-order valence-electron chi connectivity index (χ3n) is 5.59. The number of ether oxygens (including phenoxy) is 1. The molecule has 2 aromatic carbocycles. The molecule has 0 spiro atoms. The smallest absolute Gasteiger partial charge is 0.266 e. The third kappa shape index (κ3) is 7.25. The van der Waals surface area contributed by atoms with Crippen LogP contribution < -0.4 is 10.1 Å². The van der Waals surface area contributed by atoms with E-state index >= 15 is 0 Å². The molecule has 1 saturated heterocycles. The van der Waals surface area contributed by atoms with Gasteiger partial charge in [-0.25, -0.2) is 4.98 Å². The van der Waals surface area contributed by atoms with Gasteiger partial charge in [0.1, 0.15) is 10.1 Å². The number of nitrogens with zero attached hydrogens (tertiary/aromatic N) is 2. The zero-order valence-electron chi connectivity index (χ0n) is 19.9. The molecule has 9 heteroatoms. The van der Waals surface area contributed by atoms with Crippen LogP contribution >= 0.6 is 35.3 Å². The predicted molar refractivity (Wildman–Crippen MR) is 151 cm³/mol. The molecule has 4 rings (SSSR count). The van der Waals surface area contributed by atoms with Crippen molar-refractivity contribution in [3.63, 3.8) is 0 Å². The molecule has 0 aliphatic carbocycles. The Morgan fingerprint density at radius 2 is 1.89 bits per heavy atom. The number of aromatic nitrogens is 1. The number of hydrogen-bond donors (Lipinski definition) is 1. The van der Waals surface area contributed by atoms with Gasteiger partial charge >= 0.3 is 0 Å². The van der Waals surface area contributed by atoms with Gasteiger partial charge in [0.2, 0.25) is 5.91 Å². The number of nitrogens with one attached hydrogen (secondary N) is 1. The van der Waals surface area contributed by atoms with Crippen molar-refractivity contribution in [2.75, 3.05) is 19.0 Å². The average molecular weight is 538 g/mol. The summed E-state index contributed by atoms with van der Waals surface area (Å²) >= 11 is 8.25. The van der Waals surface area contributed by atoms with Crippen molar-refractivity contribution < 1.29 is 14.3 Å². The normalized spacial score (nSPS) is 14.5. The molecule has 1 fully saturated rings. The third-order valence-corrected chi connectivity index (χ3v) is 7.88. The van der Waals surface area contributed by atoms with Gasteiger partial charge in [0.15, 0.2) is 5.13 Å². The second kappa shape index (κ2) is 12.8. The van der Waals surface area contributed by atoms with Gasteiger partial charge in [-0.2, -0.15) is 0 Å². The average Bonchev–Trinajstić information content (AvgIpc) is 3.43. The lowest BCUT2D eigenvalue weighted by Gasteiger charge is -2.14. The lowest BCUT2D eigenvalue weighted by Crippen LogP contribution is -2.29. The molecule has 6 nitrogen and oxygen atoms in total. The fourth-order valence-electron chi connectivity index (χ4n) is 3.70. The summed E-state index contributed by atoms with van der Waals surface area (Å²) in [6.45, 7) is 0.557. The molecular weight excluding hydrogens is 511 g/mol. The van der Waals surface area contributed by atoms with Gasteiger partial charge < -0.3 is 10.1 Å². The monoisotopic (exact) mass is 537 g/mol. The van der Waals surface area contributed by atoms with Crippen LogP contribution in [0.25, 0.3) is 6.08 Å². The van der Waals surface area contributed by atoms with E-state index in [1.807, 2.05) is 54.7 Å². The van der Waals surface area contributed by atoms with Gasteiger partial charge in [-0.15, -0.1) is 11.3 Å². The Bertz CT molecular complexity index is 1240. The highest BCUT2D eigenvalue weighted by Gasteiger charge is 2.31. The fraction of sp³-hybridized carbons (Fsp3) is 0.259. The van der Waals surface area contributed by atoms with Gasteiger partial charge in [-0.3, -0.25) is 14.5 Å². The zero-order chi connectivity index (χ0) is 25.3. The summed E-state index contributed by atoms with van der Waals surface area (Å²) in [5.41, 5.74) is 2.14. The minimum atomic E-state index is -0.0614. The number of thioether (sulfide) groups is 1. The van der Waals surface area contributed by atoms with Crippen molar-refractivity contribution >= 4 is 62.7 Å². The number of hydrogen-bond acceptors (Lipinski definition) is 7. The van der Waals surface area contributed by atoms with Crippen LogP contribution in [-0.2, 0) is 16.0 Å². The molecule has 36 heavy (non-hydrogen) atoms. The summed E-state index contributed by atoms with van der Waals surface area (Å²) in [7, 11) is 1.62. The van der Waals surface area contributed by atoms with E-state index in [2.05, 4.69) is 22.4 Å². The Morgan fingerprint density at radius 1 is 1.11 bits per heavy atom. The van der Waals surface area contributed by atoms with Gasteiger partial charge in [0, 0.05) is 30.5 Å². The number of rotatable bonds is 11. The lowest BCUT2D eigenvalue weighted by atomic mass is 10.1. The Morgan fingerprint density at radius 3 is 2.64 bits per heavy atom. The lowest BCUT2D eigenvalue weighted by molar-refractivity contribution is -0.122. The van der Waals surface area contributed by atoms with E-state index in [1.165, 1.54) is 28.7 Å². The summed E-state index contributed by atoms with van der Waals surface area (Å²) < 4.78 is 5.75. The predicted octanol–water partition coefficient (Wildman–Crippen LogP) is 6.14. The molecule has 2 heterocycles. The van der Waals surface area contributed by atoms with Crippen LogP contribution in [0.2, 0.25) is 0 Å². The van der Waals surface area contributed by atoms with Gasteiger partial charge in [0.25, 0.3) is 5.91 Å². The van der Waals surface area contributed by atoms with Crippen molar-refractivity contribution in [2.24, 2.45) is 0 Å². The number of carbonyl (C=O) groups excluding carboxylic acids is 2. The van der Waals surface area contributed by atoms with E-state index in [0.29, 0.717) is 27.3 Å².